The molecule has 1 heterocycles. The Morgan fingerprint density at radius 2 is 2.10 bits per heavy atom. The molecule has 6 nitrogen and oxygen atoms in total. The van der Waals surface area contributed by atoms with Gasteiger partial charge >= 0.3 is 0 Å². The van der Waals surface area contributed by atoms with Crippen LogP contribution in [0.4, 0.5) is 0 Å². The standard InChI is InChI=1S/C13H17N3O3S2/c1-11-5-3-6-12(9-11)21(18,19)8-4-7-16-10-14-15-13(16)20(2)17/h3,5-6,9-10H,4,7-8H2,1-2H3/t20-/m0/s1. The van der Waals surface area contributed by atoms with Gasteiger partial charge in [-0.05, 0) is 31.0 Å². The highest BCUT2D eigenvalue weighted by atomic mass is 32.2. The Kier molecular flexibility index (Phi) is 4.89. The smallest absolute Gasteiger partial charge is 0.221 e. The Balaban J connectivity index is 2.03. The van der Waals surface area contributed by atoms with Crippen LogP contribution in [0.3, 0.4) is 0 Å². The molecule has 0 aliphatic rings. The predicted octanol–water partition coefficient (Wildman–Crippen LogP) is 1.19. The van der Waals surface area contributed by atoms with Crippen molar-refractivity contribution in [3.63, 3.8) is 0 Å². The summed E-state index contributed by atoms with van der Waals surface area (Å²) < 4.78 is 37.5. The third-order valence-corrected chi connectivity index (χ3v) is 5.63. The summed E-state index contributed by atoms with van der Waals surface area (Å²) in [5, 5.41) is 7.83. The molecule has 0 aliphatic carbocycles. The van der Waals surface area contributed by atoms with E-state index in [2.05, 4.69) is 10.2 Å². The number of aryl methyl sites for hydroxylation is 2. The molecule has 0 saturated carbocycles. The quantitative estimate of drug-likeness (QED) is 0.796. The monoisotopic (exact) mass is 327 g/mol. The maximum atomic E-state index is 12.2. The van der Waals surface area contributed by atoms with Crippen LogP contribution < -0.4 is 0 Å². The van der Waals surface area contributed by atoms with Crippen LogP contribution in [0, 0.1) is 6.92 Å². The fourth-order valence-electron chi connectivity index (χ4n) is 1.97. The van der Waals surface area contributed by atoms with E-state index in [4.69, 9.17) is 0 Å². The minimum atomic E-state index is -3.30. The molecular weight excluding hydrogens is 310 g/mol. The lowest BCUT2D eigenvalue weighted by Crippen LogP contribution is -2.11. The lowest BCUT2D eigenvalue weighted by atomic mass is 10.2. The van der Waals surface area contributed by atoms with Crippen molar-refractivity contribution in [2.24, 2.45) is 0 Å². The van der Waals surface area contributed by atoms with Gasteiger partial charge in [-0.15, -0.1) is 10.2 Å². The minimum absolute atomic E-state index is 0.0322. The van der Waals surface area contributed by atoms with E-state index in [1.807, 2.05) is 13.0 Å². The summed E-state index contributed by atoms with van der Waals surface area (Å²) in [5.74, 6) is 0.0322. The summed E-state index contributed by atoms with van der Waals surface area (Å²) in [6.45, 7) is 2.28. The topological polar surface area (TPSA) is 81.9 Å². The van der Waals surface area contributed by atoms with Crippen LogP contribution in [0.15, 0.2) is 40.6 Å². The summed E-state index contributed by atoms with van der Waals surface area (Å²) in [5.41, 5.74) is 0.915. The highest BCUT2D eigenvalue weighted by molar-refractivity contribution is 7.91. The van der Waals surface area contributed by atoms with Gasteiger partial charge in [-0.25, -0.2) is 8.42 Å². The van der Waals surface area contributed by atoms with Crippen molar-refractivity contribution in [1.82, 2.24) is 14.8 Å². The van der Waals surface area contributed by atoms with Crippen LogP contribution in [-0.2, 0) is 27.2 Å². The van der Waals surface area contributed by atoms with Crippen molar-refractivity contribution >= 4 is 20.6 Å². The highest BCUT2D eigenvalue weighted by Gasteiger charge is 2.15. The number of hydrogen-bond donors (Lipinski definition) is 0. The molecule has 0 saturated heterocycles. The van der Waals surface area contributed by atoms with E-state index >= 15 is 0 Å². The van der Waals surface area contributed by atoms with Gasteiger partial charge in [0.1, 0.15) is 6.33 Å². The zero-order valence-electron chi connectivity index (χ0n) is 11.9. The summed E-state index contributed by atoms with van der Waals surface area (Å²) in [6.07, 6.45) is 3.40. The number of rotatable bonds is 6. The van der Waals surface area contributed by atoms with Gasteiger partial charge in [0.05, 0.1) is 21.4 Å². The van der Waals surface area contributed by atoms with Gasteiger partial charge in [0, 0.05) is 12.8 Å². The second-order valence-electron chi connectivity index (χ2n) is 4.75. The molecule has 0 amide bonds. The molecule has 0 fully saturated rings. The average Bonchev–Trinajstić information content (AvgIpc) is 2.87. The second kappa shape index (κ2) is 6.48. The summed E-state index contributed by atoms with van der Waals surface area (Å²) in [6, 6.07) is 6.87. The Morgan fingerprint density at radius 1 is 1.33 bits per heavy atom. The lowest BCUT2D eigenvalue weighted by Gasteiger charge is -2.07. The maximum absolute atomic E-state index is 12.2. The van der Waals surface area contributed by atoms with Crippen molar-refractivity contribution in [1.29, 1.82) is 0 Å². The van der Waals surface area contributed by atoms with E-state index in [0.717, 1.165) is 5.56 Å². The Bertz CT molecular complexity index is 754. The summed E-state index contributed by atoms with van der Waals surface area (Å²) in [7, 11) is -4.53. The molecule has 0 spiro atoms. The van der Waals surface area contributed by atoms with Crippen molar-refractivity contribution in [3.8, 4) is 0 Å². The van der Waals surface area contributed by atoms with Gasteiger partial charge in [-0.3, -0.25) is 4.21 Å². The van der Waals surface area contributed by atoms with Crippen LogP contribution in [0.2, 0.25) is 0 Å². The SMILES string of the molecule is Cc1cccc(S(=O)(=O)CCCn2cnnc2[S@](C)=O)c1. The van der Waals surface area contributed by atoms with E-state index < -0.39 is 20.6 Å². The normalized spacial score (nSPS) is 13.2. The van der Waals surface area contributed by atoms with Crippen LogP contribution in [0.1, 0.15) is 12.0 Å². The molecule has 8 heteroatoms. The van der Waals surface area contributed by atoms with Gasteiger partial charge in [-0.2, -0.15) is 0 Å². The predicted molar refractivity (Wildman–Crippen MR) is 80.2 cm³/mol. The summed E-state index contributed by atoms with van der Waals surface area (Å²) in [4.78, 5) is 0.338. The number of aromatic nitrogens is 3. The number of nitrogens with zero attached hydrogens (tertiary/aromatic N) is 3. The first-order valence-electron chi connectivity index (χ1n) is 6.41. The highest BCUT2D eigenvalue weighted by Crippen LogP contribution is 2.14. The third kappa shape index (κ3) is 3.98. The molecule has 0 aliphatic heterocycles. The molecule has 0 bridgehead atoms. The third-order valence-electron chi connectivity index (χ3n) is 3.00. The molecule has 2 aromatic rings. The van der Waals surface area contributed by atoms with Crippen molar-refractivity contribution in [3.05, 3.63) is 36.2 Å². The molecule has 2 rings (SSSR count). The first-order chi connectivity index (χ1) is 9.90. The number of hydrogen-bond acceptors (Lipinski definition) is 5. The van der Waals surface area contributed by atoms with Crippen molar-refractivity contribution in [2.45, 2.75) is 29.9 Å². The first-order valence-corrected chi connectivity index (χ1v) is 9.62. The molecule has 0 unspecified atom stereocenters. The van der Waals surface area contributed by atoms with Crippen LogP contribution >= 0.6 is 0 Å². The maximum Gasteiger partial charge on any atom is 0.221 e. The van der Waals surface area contributed by atoms with E-state index in [1.165, 1.54) is 12.6 Å². The lowest BCUT2D eigenvalue weighted by molar-refractivity contribution is 0.575. The fraction of sp³-hybridized carbons (Fsp3) is 0.385. The van der Waals surface area contributed by atoms with Crippen LogP contribution in [0.5, 0.6) is 0 Å². The fourth-order valence-corrected chi connectivity index (χ4v) is 4.00. The van der Waals surface area contributed by atoms with Gasteiger partial charge in [0.25, 0.3) is 0 Å². The minimum Gasteiger partial charge on any atom is -0.307 e. The second-order valence-corrected chi connectivity index (χ2v) is 8.13. The van der Waals surface area contributed by atoms with Gasteiger partial charge in [-0.1, -0.05) is 12.1 Å². The molecule has 114 valence electrons. The molecule has 0 N–H and O–H groups in total. The van der Waals surface area contributed by atoms with E-state index in [-0.39, 0.29) is 5.75 Å². The Hall–Kier alpha value is -1.54. The van der Waals surface area contributed by atoms with Gasteiger partial charge in [0.2, 0.25) is 5.16 Å². The largest absolute Gasteiger partial charge is 0.307 e. The van der Waals surface area contributed by atoms with Crippen LogP contribution in [0.25, 0.3) is 0 Å². The zero-order chi connectivity index (χ0) is 15.5. The van der Waals surface area contributed by atoms with Crippen molar-refractivity contribution < 1.29 is 12.6 Å². The molecule has 0 radical (unpaired) electrons. The number of sulfone groups is 1. The van der Waals surface area contributed by atoms with Crippen molar-refractivity contribution in [2.75, 3.05) is 12.0 Å². The van der Waals surface area contributed by atoms with E-state index in [1.54, 1.807) is 22.8 Å². The molecule has 21 heavy (non-hydrogen) atoms. The van der Waals surface area contributed by atoms with Crippen LogP contribution in [-0.4, -0.2) is 39.4 Å². The Morgan fingerprint density at radius 3 is 2.76 bits per heavy atom. The first kappa shape index (κ1) is 15.8. The average molecular weight is 327 g/mol. The Labute approximate surface area is 126 Å². The zero-order valence-corrected chi connectivity index (χ0v) is 13.5. The van der Waals surface area contributed by atoms with E-state index in [0.29, 0.717) is 23.0 Å². The molecule has 1 aromatic carbocycles. The number of benzene rings is 1. The summed E-state index contributed by atoms with van der Waals surface area (Å²) >= 11 is 0. The van der Waals surface area contributed by atoms with E-state index in [9.17, 15) is 12.6 Å². The van der Waals surface area contributed by atoms with Gasteiger partial charge < -0.3 is 4.57 Å². The van der Waals surface area contributed by atoms with Gasteiger partial charge in [0.15, 0.2) is 9.84 Å². The molecular formula is C13H17N3O3S2. The molecule has 1 aromatic heterocycles. The molecule has 1 atom stereocenters.